The van der Waals surface area contributed by atoms with Gasteiger partial charge in [0.05, 0.1) is 0 Å². The van der Waals surface area contributed by atoms with Crippen LogP contribution in [0.4, 0.5) is 0 Å². The lowest BCUT2D eigenvalue weighted by atomic mass is 10.0. The molecule has 0 aliphatic rings. The van der Waals surface area contributed by atoms with Gasteiger partial charge in [0.25, 0.3) is 0 Å². The van der Waals surface area contributed by atoms with E-state index in [1.54, 1.807) is 0 Å². The van der Waals surface area contributed by atoms with Crippen LogP contribution in [0.3, 0.4) is 0 Å². The Morgan fingerprint density at radius 3 is 2.50 bits per heavy atom. The molecule has 80 valence electrons. The first-order valence-electron chi connectivity index (χ1n) is 5.24. The number of hydrogen-bond acceptors (Lipinski definition) is 0. The molecule has 0 bridgehead atoms. The van der Waals surface area contributed by atoms with Crippen LogP contribution >= 0.6 is 11.6 Å². The summed E-state index contributed by atoms with van der Waals surface area (Å²) in [5.41, 5.74) is 3.52. The topological polar surface area (TPSA) is 0 Å². The van der Waals surface area contributed by atoms with Crippen LogP contribution in [0.5, 0.6) is 0 Å². The second-order valence-electron chi connectivity index (χ2n) is 3.78. The Hall–Kier alpha value is -1.27. The molecule has 16 heavy (non-hydrogen) atoms. The van der Waals surface area contributed by atoms with Crippen molar-refractivity contribution in [3.8, 4) is 0 Å². The summed E-state index contributed by atoms with van der Waals surface area (Å²) >= 11 is 5.83. The van der Waals surface area contributed by atoms with Crippen molar-refractivity contribution in [3.63, 3.8) is 0 Å². The van der Waals surface area contributed by atoms with E-state index < -0.39 is 0 Å². The third kappa shape index (κ3) is 3.11. The smallest absolute Gasteiger partial charge is 0.0406 e. The fraction of sp³-hybridized carbons (Fsp3) is 0.0667. The first-order chi connectivity index (χ1) is 7.74. The molecule has 0 amide bonds. The summed E-state index contributed by atoms with van der Waals surface area (Å²) in [5.74, 6) is 0. The predicted molar refractivity (Wildman–Crippen MR) is 69.5 cm³/mol. The molecule has 1 heteroatoms. The Labute approximate surface area is 102 Å². The van der Waals surface area contributed by atoms with Gasteiger partial charge in [-0.15, -0.1) is 0 Å². The van der Waals surface area contributed by atoms with E-state index in [9.17, 15) is 0 Å². The Morgan fingerprint density at radius 1 is 1.06 bits per heavy atom. The van der Waals surface area contributed by atoms with Crippen LogP contribution in [0.15, 0.2) is 48.5 Å². The molecule has 0 N–H and O–H groups in total. The standard InChI is InChI=1S/C15H13Cl/c1-12-3-2-4-14(11-12)6-5-13-7-9-15(16)10-8-13/h2-4,6-11H,1,5H2. The van der Waals surface area contributed by atoms with Crippen LogP contribution in [-0.2, 0) is 6.42 Å². The van der Waals surface area contributed by atoms with Gasteiger partial charge in [-0.3, -0.25) is 0 Å². The van der Waals surface area contributed by atoms with Crippen molar-refractivity contribution in [1.82, 2.24) is 0 Å². The molecular formula is C15H13Cl. The molecule has 0 atom stereocenters. The van der Waals surface area contributed by atoms with E-state index in [2.05, 4.69) is 25.5 Å². The molecule has 0 spiro atoms. The average molecular weight is 229 g/mol. The summed E-state index contributed by atoms with van der Waals surface area (Å²) in [6.45, 7) is 3.91. The van der Waals surface area contributed by atoms with Crippen LogP contribution in [0, 0.1) is 13.3 Å². The van der Waals surface area contributed by atoms with Gasteiger partial charge in [0.15, 0.2) is 0 Å². The van der Waals surface area contributed by atoms with Crippen LogP contribution in [0.25, 0.3) is 0 Å². The third-order valence-electron chi connectivity index (χ3n) is 2.44. The van der Waals surface area contributed by atoms with Gasteiger partial charge >= 0.3 is 0 Å². The third-order valence-corrected chi connectivity index (χ3v) is 2.69. The van der Waals surface area contributed by atoms with E-state index in [1.807, 2.05) is 36.4 Å². The van der Waals surface area contributed by atoms with Crippen LogP contribution in [0.1, 0.15) is 16.7 Å². The maximum absolute atomic E-state index is 5.83. The van der Waals surface area contributed by atoms with Crippen molar-refractivity contribution in [3.05, 3.63) is 83.6 Å². The summed E-state index contributed by atoms with van der Waals surface area (Å²) < 4.78 is 0. The second kappa shape index (κ2) is 5.18. The average Bonchev–Trinajstić information content (AvgIpc) is 2.28. The van der Waals surface area contributed by atoms with Crippen molar-refractivity contribution in [1.29, 1.82) is 0 Å². The lowest BCUT2D eigenvalue weighted by Crippen LogP contribution is -1.88. The highest BCUT2D eigenvalue weighted by Gasteiger charge is 1.97. The van der Waals surface area contributed by atoms with Gasteiger partial charge in [0, 0.05) is 5.02 Å². The van der Waals surface area contributed by atoms with Crippen LogP contribution < -0.4 is 0 Å². The van der Waals surface area contributed by atoms with E-state index in [1.165, 1.54) is 11.1 Å². The van der Waals surface area contributed by atoms with Crippen LogP contribution in [0.2, 0.25) is 5.02 Å². The van der Waals surface area contributed by atoms with E-state index in [4.69, 9.17) is 11.6 Å². The minimum atomic E-state index is 0.781. The highest BCUT2D eigenvalue weighted by molar-refractivity contribution is 6.30. The normalized spacial score (nSPS) is 10.4. The fourth-order valence-electron chi connectivity index (χ4n) is 1.58. The van der Waals surface area contributed by atoms with Crippen molar-refractivity contribution >= 4 is 11.6 Å². The minimum Gasteiger partial charge on any atom is -0.0843 e. The zero-order chi connectivity index (χ0) is 11.4. The molecule has 0 unspecified atom stereocenters. The molecule has 0 saturated heterocycles. The summed E-state index contributed by atoms with van der Waals surface area (Å²) in [6.07, 6.45) is 3.11. The minimum absolute atomic E-state index is 0.781. The quantitative estimate of drug-likeness (QED) is 0.734. The SMILES string of the molecule is [CH2]c1cccc([CH]Cc2ccc(Cl)cc2)c1. The molecule has 0 aliphatic heterocycles. The molecule has 2 radical (unpaired) electrons. The van der Waals surface area contributed by atoms with Gasteiger partial charge in [-0.1, -0.05) is 48.0 Å². The van der Waals surface area contributed by atoms with Gasteiger partial charge in [0.1, 0.15) is 0 Å². The first kappa shape index (κ1) is 11.2. The Balaban J connectivity index is 1.99. The zero-order valence-electron chi connectivity index (χ0n) is 8.99. The molecule has 0 saturated carbocycles. The summed E-state index contributed by atoms with van der Waals surface area (Å²) in [7, 11) is 0. The monoisotopic (exact) mass is 228 g/mol. The van der Waals surface area contributed by atoms with E-state index >= 15 is 0 Å². The Kier molecular flexibility index (Phi) is 3.63. The maximum atomic E-state index is 5.83. The van der Waals surface area contributed by atoms with Crippen LogP contribution in [-0.4, -0.2) is 0 Å². The molecule has 2 rings (SSSR count). The first-order valence-corrected chi connectivity index (χ1v) is 5.61. The number of benzene rings is 2. The number of hydrogen-bond donors (Lipinski definition) is 0. The fourth-order valence-corrected chi connectivity index (χ4v) is 1.70. The number of rotatable bonds is 3. The highest BCUT2D eigenvalue weighted by atomic mass is 35.5. The summed E-state index contributed by atoms with van der Waals surface area (Å²) in [6, 6.07) is 16.1. The van der Waals surface area contributed by atoms with Gasteiger partial charge in [0.2, 0.25) is 0 Å². The van der Waals surface area contributed by atoms with E-state index in [0.717, 1.165) is 17.0 Å². The molecule has 2 aromatic carbocycles. The molecule has 0 aliphatic carbocycles. The van der Waals surface area contributed by atoms with Crippen molar-refractivity contribution in [2.45, 2.75) is 6.42 Å². The van der Waals surface area contributed by atoms with Gasteiger partial charge < -0.3 is 0 Å². The van der Waals surface area contributed by atoms with Crippen molar-refractivity contribution in [2.75, 3.05) is 0 Å². The zero-order valence-corrected chi connectivity index (χ0v) is 9.74. The molecule has 0 heterocycles. The molecule has 0 fully saturated rings. The predicted octanol–water partition coefficient (Wildman–Crippen LogP) is 4.32. The van der Waals surface area contributed by atoms with Gasteiger partial charge in [-0.2, -0.15) is 0 Å². The molecule has 2 aromatic rings. The lowest BCUT2D eigenvalue weighted by molar-refractivity contribution is 1.17. The van der Waals surface area contributed by atoms with Gasteiger partial charge in [-0.05, 0) is 48.6 Å². The number of halogens is 1. The Bertz CT molecular complexity index is 457. The summed E-state index contributed by atoms with van der Waals surface area (Å²) in [4.78, 5) is 0. The molecule has 0 aromatic heterocycles. The lowest BCUT2D eigenvalue weighted by Gasteiger charge is -2.03. The molecular weight excluding hydrogens is 216 g/mol. The van der Waals surface area contributed by atoms with E-state index in [0.29, 0.717) is 0 Å². The second-order valence-corrected chi connectivity index (χ2v) is 4.22. The van der Waals surface area contributed by atoms with E-state index in [-0.39, 0.29) is 0 Å². The highest BCUT2D eigenvalue weighted by Crippen LogP contribution is 2.13. The largest absolute Gasteiger partial charge is 0.0843 e. The maximum Gasteiger partial charge on any atom is 0.0406 e. The summed E-state index contributed by atoms with van der Waals surface area (Å²) in [5, 5.41) is 0.781. The molecule has 0 nitrogen and oxygen atoms in total. The van der Waals surface area contributed by atoms with Gasteiger partial charge in [-0.25, -0.2) is 0 Å². The Morgan fingerprint density at radius 2 is 1.81 bits per heavy atom. The van der Waals surface area contributed by atoms with Crippen molar-refractivity contribution < 1.29 is 0 Å². The van der Waals surface area contributed by atoms with Crippen molar-refractivity contribution in [2.24, 2.45) is 0 Å².